The predicted octanol–water partition coefficient (Wildman–Crippen LogP) is 6.63. The summed E-state index contributed by atoms with van der Waals surface area (Å²) in [4.78, 5) is 0. The van der Waals surface area contributed by atoms with E-state index >= 15 is 0 Å². The lowest BCUT2D eigenvalue weighted by molar-refractivity contribution is 0.164. The van der Waals surface area contributed by atoms with Gasteiger partial charge in [-0.25, -0.2) is 0 Å². The molecule has 0 aliphatic carbocycles. The van der Waals surface area contributed by atoms with Crippen molar-refractivity contribution in [2.45, 2.75) is 74.1 Å². The molecule has 0 amide bonds. The van der Waals surface area contributed by atoms with Crippen LogP contribution in [0.3, 0.4) is 0 Å². The van der Waals surface area contributed by atoms with Crippen LogP contribution in [0.1, 0.15) is 74.1 Å². The van der Waals surface area contributed by atoms with Crippen molar-refractivity contribution in [1.82, 2.24) is 0 Å². The maximum absolute atomic E-state index is 2.45. The average molecular weight is 286 g/mol. The summed E-state index contributed by atoms with van der Waals surface area (Å²) >= 11 is 0. The van der Waals surface area contributed by atoms with Gasteiger partial charge in [-0.1, -0.05) is 61.3 Å². The SMILES string of the molecule is CCCC(CP(C)C)C(CC(C)(C)C)CC(C)(C)C. The van der Waals surface area contributed by atoms with Gasteiger partial charge >= 0.3 is 0 Å². The topological polar surface area (TPSA) is 0 Å². The summed E-state index contributed by atoms with van der Waals surface area (Å²) < 4.78 is 0. The van der Waals surface area contributed by atoms with E-state index in [4.69, 9.17) is 0 Å². The van der Waals surface area contributed by atoms with Crippen LogP contribution in [0.25, 0.3) is 0 Å². The summed E-state index contributed by atoms with van der Waals surface area (Å²) in [5.41, 5.74) is 0.929. The summed E-state index contributed by atoms with van der Waals surface area (Å²) in [6.45, 7) is 21.7. The quantitative estimate of drug-likeness (QED) is 0.460. The lowest BCUT2D eigenvalue weighted by Crippen LogP contribution is -2.27. The fraction of sp³-hybridized carbons (Fsp3) is 1.00. The highest BCUT2D eigenvalue weighted by atomic mass is 31.1. The second-order valence-electron chi connectivity index (χ2n) is 9.10. The van der Waals surface area contributed by atoms with Crippen molar-refractivity contribution in [3.63, 3.8) is 0 Å². The van der Waals surface area contributed by atoms with Crippen LogP contribution >= 0.6 is 7.92 Å². The van der Waals surface area contributed by atoms with Gasteiger partial charge in [0.15, 0.2) is 0 Å². The van der Waals surface area contributed by atoms with E-state index in [0.717, 1.165) is 11.8 Å². The summed E-state index contributed by atoms with van der Waals surface area (Å²) in [5, 5.41) is 0. The minimum absolute atomic E-state index is 0.233. The van der Waals surface area contributed by atoms with E-state index < -0.39 is 0 Å². The van der Waals surface area contributed by atoms with Crippen LogP contribution in [0.5, 0.6) is 0 Å². The number of hydrogen-bond acceptors (Lipinski definition) is 0. The van der Waals surface area contributed by atoms with Gasteiger partial charge in [-0.05, 0) is 55.0 Å². The smallest absolute Gasteiger partial charge is 0.0300 e. The normalized spacial score (nSPS) is 15.3. The van der Waals surface area contributed by atoms with Gasteiger partial charge in [0.1, 0.15) is 0 Å². The van der Waals surface area contributed by atoms with Crippen molar-refractivity contribution in [1.29, 1.82) is 0 Å². The second-order valence-corrected chi connectivity index (χ2v) is 11.6. The summed E-state index contributed by atoms with van der Waals surface area (Å²) in [6.07, 6.45) is 7.02. The molecule has 1 heteroatoms. The average Bonchev–Trinajstić information content (AvgIpc) is 2.10. The van der Waals surface area contributed by atoms with E-state index in [-0.39, 0.29) is 7.92 Å². The standard InChI is InChI=1S/C18H39P/c1-10-11-15(14-19(8)9)16(12-17(2,3)4)13-18(5,6)7/h15-16H,10-14H2,1-9H3. The Labute approximate surface area is 124 Å². The molecule has 0 aliphatic heterocycles. The monoisotopic (exact) mass is 286 g/mol. The van der Waals surface area contributed by atoms with Crippen LogP contribution in [-0.4, -0.2) is 19.5 Å². The third-order valence-corrected chi connectivity index (χ3v) is 4.87. The largest absolute Gasteiger partial charge is 0.113 e. The van der Waals surface area contributed by atoms with E-state index in [1.165, 1.54) is 31.8 Å². The molecule has 19 heavy (non-hydrogen) atoms. The minimum Gasteiger partial charge on any atom is -0.113 e. The van der Waals surface area contributed by atoms with E-state index in [1.54, 1.807) is 0 Å². The van der Waals surface area contributed by atoms with Crippen molar-refractivity contribution < 1.29 is 0 Å². The van der Waals surface area contributed by atoms with Gasteiger partial charge < -0.3 is 0 Å². The van der Waals surface area contributed by atoms with Crippen molar-refractivity contribution >= 4 is 7.92 Å². The Morgan fingerprint density at radius 2 is 1.21 bits per heavy atom. The van der Waals surface area contributed by atoms with E-state index in [0.29, 0.717) is 10.8 Å². The molecule has 0 saturated heterocycles. The Bertz CT molecular complexity index is 213. The molecule has 0 fully saturated rings. The van der Waals surface area contributed by atoms with Crippen molar-refractivity contribution in [2.24, 2.45) is 22.7 Å². The van der Waals surface area contributed by atoms with E-state index in [9.17, 15) is 0 Å². The van der Waals surface area contributed by atoms with E-state index in [1.807, 2.05) is 0 Å². The molecule has 0 radical (unpaired) electrons. The first-order chi connectivity index (χ1) is 8.44. The second kappa shape index (κ2) is 8.02. The molecule has 0 aromatic rings. The van der Waals surface area contributed by atoms with Crippen LogP contribution in [-0.2, 0) is 0 Å². The van der Waals surface area contributed by atoms with Gasteiger partial charge in [0.2, 0.25) is 0 Å². The highest BCUT2D eigenvalue weighted by molar-refractivity contribution is 7.55. The predicted molar refractivity (Wildman–Crippen MR) is 93.7 cm³/mol. The molecule has 0 nitrogen and oxygen atoms in total. The Balaban J connectivity index is 4.92. The maximum Gasteiger partial charge on any atom is -0.0300 e. The van der Waals surface area contributed by atoms with Crippen molar-refractivity contribution in [2.75, 3.05) is 19.5 Å². The molecule has 0 N–H and O–H groups in total. The molecule has 0 saturated carbocycles. The maximum atomic E-state index is 2.45. The Kier molecular flexibility index (Phi) is 8.20. The van der Waals surface area contributed by atoms with Crippen LogP contribution in [0.2, 0.25) is 0 Å². The van der Waals surface area contributed by atoms with Crippen LogP contribution in [0, 0.1) is 22.7 Å². The molecule has 0 spiro atoms. The highest BCUT2D eigenvalue weighted by Crippen LogP contribution is 2.42. The fourth-order valence-electron chi connectivity index (χ4n) is 3.29. The first-order valence-corrected chi connectivity index (χ1v) is 10.5. The molecule has 0 aromatic carbocycles. The molecule has 0 rings (SSSR count). The lowest BCUT2D eigenvalue weighted by atomic mass is 9.71. The molecule has 1 unspecified atom stereocenters. The summed E-state index contributed by atoms with van der Waals surface area (Å²) in [7, 11) is 0.233. The minimum atomic E-state index is 0.233. The molecule has 0 aliphatic rings. The van der Waals surface area contributed by atoms with Gasteiger partial charge in [-0.2, -0.15) is 0 Å². The molecule has 116 valence electrons. The molecular formula is C18H39P. The summed E-state index contributed by atoms with van der Waals surface area (Å²) in [6, 6.07) is 0. The van der Waals surface area contributed by atoms with Gasteiger partial charge in [0.25, 0.3) is 0 Å². The highest BCUT2D eigenvalue weighted by Gasteiger charge is 2.29. The Hall–Kier alpha value is 0.430. The zero-order valence-electron chi connectivity index (χ0n) is 15.1. The van der Waals surface area contributed by atoms with Crippen LogP contribution < -0.4 is 0 Å². The van der Waals surface area contributed by atoms with Gasteiger partial charge in [0, 0.05) is 0 Å². The molecule has 0 heterocycles. The molecule has 1 atom stereocenters. The van der Waals surface area contributed by atoms with E-state index in [2.05, 4.69) is 61.8 Å². The number of rotatable bonds is 7. The first kappa shape index (κ1) is 19.4. The first-order valence-electron chi connectivity index (χ1n) is 8.09. The molecule has 0 bridgehead atoms. The van der Waals surface area contributed by atoms with Gasteiger partial charge in [-0.3, -0.25) is 0 Å². The molecule has 0 aromatic heterocycles. The van der Waals surface area contributed by atoms with Gasteiger partial charge in [0.05, 0.1) is 0 Å². The Morgan fingerprint density at radius 3 is 1.47 bits per heavy atom. The zero-order chi connectivity index (χ0) is 15.3. The summed E-state index contributed by atoms with van der Waals surface area (Å²) in [5.74, 6) is 1.86. The van der Waals surface area contributed by atoms with Crippen molar-refractivity contribution in [3.05, 3.63) is 0 Å². The number of hydrogen-bond donors (Lipinski definition) is 0. The third kappa shape index (κ3) is 10.8. The van der Waals surface area contributed by atoms with Crippen LogP contribution in [0.15, 0.2) is 0 Å². The van der Waals surface area contributed by atoms with Crippen molar-refractivity contribution in [3.8, 4) is 0 Å². The fourth-order valence-corrected chi connectivity index (χ4v) is 4.71. The molecular weight excluding hydrogens is 247 g/mol. The third-order valence-electron chi connectivity index (χ3n) is 3.67. The Morgan fingerprint density at radius 1 is 0.789 bits per heavy atom. The van der Waals surface area contributed by atoms with Crippen LogP contribution in [0.4, 0.5) is 0 Å². The lowest BCUT2D eigenvalue weighted by Gasteiger charge is -2.37. The van der Waals surface area contributed by atoms with Gasteiger partial charge in [-0.15, -0.1) is 7.92 Å². The zero-order valence-corrected chi connectivity index (χ0v) is 16.0.